The summed E-state index contributed by atoms with van der Waals surface area (Å²) < 4.78 is 0. The van der Waals surface area contributed by atoms with E-state index in [1.54, 1.807) is 27.7 Å². The highest BCUT2D eigenvalue weighted by Crippen LogP contribution is 2.34. The molecule has 80 valence electrons. The first kappa shape index (κ1) is 11.0. The van der Waals surface area contributed by atoms with E-state index < -0.39 is 17.0 Å². The normalized spacial score (nSPS) is 24.9. The van der Waals surface area contributed by atoms with Crippen molar-refractivity contribution in [2.75, 3.05) is 6.54 Å². The van der Waals surface area contributed by atoms with E-state index >= 15 is 0 Å². The molecule has 1 fully saturated rings. The molecule has 0 aromatic carbocycles. The van der Waals surface area contributed by atoms with Gasteiger partial charge in [-0.25, -0.2) is 4.79 Å². The average Bonchev–Trinajstić information content (AvgIpc) is 1.96. The molecule has 1 saturated heterocycles. The standard InChI is InChI=1S/C10H17NO3/c1-9(2)6-11(8(13)14)10(3,4)5-7(9)12/h5-6H2,1-4H3,(H,13,14). The van der Waals surface area contributed by atoms with E-state index in [9.17, 15) is 9.59 Å². The number of amides is 1. The number of hydrogen-bond acceptors (Lipinski definition) is 2. The number of ketones is 1. The first-order valence-corrected chi connectivity index (χ1v) is 4.71. The van der Waals surface area contributed by atoms with Crippen LogP contribution in [0, 0.1) is 5.41 Å². The topological polar surface area (TPSA) is 57.6 Å². The van der Waals surface area contributed by atoms with Crippen LogP contribution in [0.1, 0.15) is 34.1 Å². The largest absolute Gasteiger partial charge is 0.465 e. The van der Waals surface area contributed by atoms with Crippen LogP contribution < -0.4 is 0 Å². The molecule has 1 N–H and O–H groups in total. The zero-order valence-electron chi connectivity index (χ0n) is 9.13. The van der Waals surface area contributed by atoms with E-state index in [-0.39, 0.29) is 12.3 Å². The summed E-state index contributed by atoms with van der Waals surface area (Å²) in [5, 5.41) is 9.01. The number of likely N-dealkylation sites (tertiary alicyclic amines) is 1. The van der Waals surface area contributed by atoms with Crippen LogP contribution in [0.5, 0.6) is 0 Å². The van der Waals surface area contributed by atoms with Gasteiger partial charge in [-0.1, -0.05) is 13.8 Å². The number of nitrogens with zero attached hydrogens (tertiary/aromatic N) is 1. The lowest BCUT2D eigenvalue weighted by molar-refractivity contribution is -0.135. The minimum absolute atomic E-state index is 0.139. The first-order chi connectivity index (χ1) is 6.17. The van der Waals surface area contributed by atoms with E-state index in [4.69, 9.17) is 5.11 Å². The van der Waals surface area contributed by atoms with Crippen molar-refractivity contribution >= 4 is 11.9 Å². The van der Waals surface area contributed by atoms with Crippen LogP contribution in [0.2, 0.25) is 0 Å². The maximum Gasteiger partial charge on any atom is 0.407 e. The molecule has 0 radical (unpaired) electrons. The Morgan fingerprint density at radius 3 is 2.29 bits per heavy atom. The van der Waals surface area contributed by atoms with Gasteiger partial charge in [-0.2, -0.15) is 0 Å². The fourth-order valence-corrected chi connectivity index (χ4v) is 1.75. The van der Waals surface area contributed by atoms with Gasteiger partial charge < -0.3 is 10.0 Å². The van der Waals surface area contributed by atoms with Crippen LogP contribution in [0.3, 0.4) is 0 Å². The van der Waals surface area contributed by atoms with Gasteiger partial charge >= 0.3 is 6.09 Å². The number of rotatable bonds is 0. The number of carboxylic acid groups (broad SMARTS) is 1. The Bertz CT molecular complexity index is 281. The third kappa shape index (κ3) is 1.74. The molecule has 0 aromatic rings. The predicted molar refractivity (Wildman–Crippen MR) is 52.2 cm³/mol. The average molecular weight is 199 g/mol. The van der Waals surface area contributed by atoms with Crippen molar-refractivity contribution < 1.29 is 14.7 Å². The van der Waals surface area contributed by atoms with Gasteiger partial charge in [0.1, 0.15) is 5.78 Å². The molecule has 0 saturated carbocycles. The highest BCUT2D eigenvalue weighted by atomic mass is 16.4. The van der Waals surface area contributed by atoms with Crippen molar-refractivity contribution in [3.05, 3.63) is 0 Å². The Labute approximate surface area is 83.9 Å². The number of carbonyl (C=O) groups excluding carboxylic acids is 1. The van der Waals surface area contributed by atoms with Crippen molar-refractivity contribution in [3.63, 3.8) is 0 Å². The van der Waals surface area contributed by atoms with Crippen LogP contribution >= 0.6 is 0 Å². The molecule has 4 heteroatoms. The molecule has 0 aliphatic carbocycles. The summed E-state index contributed by atoms with van der Waals surface area (Å²) in [6, 6.07) is 0. The molecule has 1 amide bonds. The Balaban J connectivity index is 2.97. The van der Waals surface area contributed by atoms with Gasteiger partial charge in [0.15, 0.2) is 0 Å². The SMILES string of the molecule is CC1(C)CN(C(=O)O)C(C)(C)CC1=O. The van der Waals surface area contributed by atoms with Gasteiger partial charge in [-0.3, -0.25) is 4.79 Å². The lowest BCUT2D eigenvalue weighted by atomic mass is 9.75. The summed E-state index contributed by atoms with van der Waals surface area (Å²) in [6.45, 7) is 7.44. The maximum absolute atomic E-state index is 11.7. The Morgan fingerprint density at radius 1 is 1.36 bits per heavy atom. The molecule has 1 aliphatic heterocycles. The second-order valence-corrected chi connectivity index (χ2v) is 5.16. The summed E-state index contributed by atoms with van der Waals surface area (Å²) in [7, 11) is 0. The van der Waals surface area contributed by atoms with Crippen molar-refractivity contribution in [2.24, 2.45) is 5.41 Å². The minimum Gasteiger partial charge on any atom is -0.465 e. The van der Waals surface area contributed by atoms with E-state index in [0.29, 0.717) is 6.42 Å². The van der Waals surface area contributed by atoms with Crippen LogP contribution in [0.15, 0.2) is 0 Å². The molecular formula is C10H17NO3. The lowest BCUT2D eigenvalue weighted by Gasteiger charge is -2.46. The highest BCUT2D eigenvalue weighted by Gasteiger charge is 2.45. The van der Waals surface area contributed by atoms with Crippen molar-refractivity contribution in [3.8, 4) is 0 Å². The molecule has 1 heterocycles. The zero-order valence-corrected chi connectivity index (χ0v) is 9.13. The van der Waals surface area contributed by atoms with E-state index in [1.807, 2.05) is 0 Å². The van der Waals surface area contributed by atoms with Crippen LogP contribution in [0.25, 0.3) is 0 Å². The van der Waals surface area contributed by atoms with Crippen molar-refractivity contribution in [2.45, 2.75) is 39.7 Å². The highest BCUT2D eigenvalue weighted by molar-refractivity contribution is 5.87. The lowest BCUT2D eigenvalue weighted by Crippen LogP contribution is -2.58. The second kappa shape index (κ2) is 2.97. The van der Waals surface area contributed by atoms with Crippen molar-refractivity contribution in [1.82, 2.24) is 4.90 Å². The van der Waals surface area contributed by atoms with Gasteiger partial charge in [-0.15, -0.1) is 0 Å². The summed E-state index contributed by atoms with van der Waals surface area (Å²) in [5.74, 6) is 0.139. The second-order valence-electron chi connectivity index (χ2n) is 5.16. The first-order valence-electron chi connectivity index (χ1n) is 4.71. The molecule has 0 aromatic heterocycles. The van der Waals surface area contributed by atoms with E-state index in [0.717, 1.165) is 0 Å². The molecular weight excluding hydrogens is 182 g/mol. The number of carbonyl (C=O) groups is 2. The zero-order chi connectivity index (χ0) is 11.1. The molecule has 14 heavy (non-hydrogen) atoms. The Hall–Kier alpha value is -1.06. The fourth-order valence-electron chi connectivity index (χ4n) is 1.75. The van der Waals surface area contributed by atoms with Gasteiger partial charge in [-0.05, 0) is 13.8 Å². The van der Waals surface area contributed by atoms with Crippen molar-refractivity contribution in [1.29, 1.82) is 0 Å². The Morgan fingerprint density at radius 2 is 1.86 bits per heavy atom. The van der Waals surface area contributed by atoms with Gasteiger partial charge in [0.05, 0.1) is 0 Å². The summed E-state index contributed by atoms with van der Waals surface area (Å²) >= 11 is 0. The minimum atomic E-state index is -0.949. The molecule has 4 nitrogen and oxygen atoms in total. The molecule has 0 spiro atoms. The predicted octanol–water partition coefficient (Wildman–Crippen LogP) is 1.74. The quantitative estimate of drug-likeness (QED) is 0.646. The van der Waals surface area contributed by atoms with Gasteiger partial charge in [0.2, 0.25) is 0 Å². The number of piperidine rings is 1. The number of hydrogen-bond donors (Lipinski definition) is 1. The summed E-state index contributed by atoms with van der Waals surface area (Å²) in [4.78, 5) is 24.0. The van der Waals surface area contributed by atoms with Crippen LogP contribution in [0.4, 0.5) is 4.79 Å². The smallest absolute Gasteiger partial charge is 0.407 e. The Kier molecular flexibility index (Phi) is 2.34. The molecule has 0 atom stereocenters. The van der Waals surface area contributed by atoms with E-state index in [2.05, 4.69) is 0 Å². The van der Waals surface area contributed by atoms with Gasteiger partial charge in [0, 0.05) is 23.9 Å². The van der Waals surface area contributed by atoms with Crippen LogP contribution in [-0.2, 0) is 4.79 Å². The van der Waals surface area contributed by atoms with Crippen LogP contribution in [-0.4, -0.2) is 34.0 Å². The third-order valence-corrected chi connectivity index (χ3v) is 2.86. The van der Waals surface area contributed by atoms with E-state index in [1.165, 1.54) is 4.90 Å². The fraction of sp³-hybridized carbons (Fsp3) is 0.800. The molecule has 1 rings (SSSR count). The summed E-state index contributed by atoms with van der Waals surface area (Å²) in [5.41, 5.74) is -1.12. The molecule has 0 unspecified atom stereocenters. The third-order valence-electron chi connectivity index (χ3n) is 2.86. The summed E-state index contributed by atoms with van der Waals surface area (Å²) in [6.07, 6.45) is -0.651. The van der Waals surface area contributed by atoms with Gasteiger partial charge in [0.25, 0.3) is 0 Å². The molecule has 0 bridgehead atoms. The maximum atomic E-state index is 11.7. The monoisotopic (exact) mass is 199 g/mol. The molecule has 1 aliphatic rings. The number of Topliss-reactive ketones (excluding diaryl/α,β-unsaturated/α-hetero) is 1.